The average Bonchev–Trinajstić information content (AvgIpc) is 2.73. The number of nitrogens with one attached hydrogen (secondary N) is 2. The van der Waals surface area contributed by atoms with Crippen LogP contribution >= 0.6 is 11.3 Å². The maximum Gasteiger partial charge on any atom is 0.408 e. The van der Waals surface area contributed by atoms with E-state index in [1.807, 2.05) is 34.6 Å². The predicted octanol–water partition coefficient (Wildman–Crippen LogP) is 3.05. The summed E-state index contributed by atoms with van der Waals surface area (Å²) in [6.07, 6.45) is -0.467. The van der Waals surface area contributed by atoms with Crippen LogP contribution in [0.25, 0.3) is 0 Å². The molecule has 0 bridgehead atoms. The van der Waals surface area contributed by atoms with Crippen molar-refractivity contribution < 1.29 is 14.5 Å². The zero-order valence-corrected chi connectivity index (χ0v) is 14.4. The zero-order valence-electron chi connectivity index (χ0n) is 13.6. The summed E-state index contributed by atoms with van der Waals surface area (Å²) in [4.78, 5) is 22.8. The molecule has 0 aliphatic rings. The van der Waals surface area contributed by atoms with E-state index in [9.17, 15) is 14.9 Å². The SMILES string of the molecule is CC(C)(CNCc1ccc([N+](=O)[O-])s1)NC(=O)OC(C)(C)C. The lowest BCUT2D eigenvalue weighted by molar-refractivity contribution is -0.380. The number of carbonyl (C=O) groups excluding carboxylic acids is 1. The Bertz CT molecular complexity index is 534. The maximum absolute atomic E-state index is 11.8. The van der Waals surface area contributed by atoms with Crippen molar-refractivity contribution in [3.05, 3.63) is 27.1 Å². The third-order valence-electron chi connectivity index (χ3n) is 2.53. The van der Waals surface area contributed by atoms with E-state index in [0.717, 1.165) is 16.2 Å². The molecule has 0 saturated carbocycles. The monoisotopic (exact) mass is 329 g/mol. The number of nitrogens with zero attached hydrogens (tertiary/aromatic N) is 1. The molecule has 1 heterocycles. The van der Waals surface area contributed by atoms with Crippen molar-refractivity contribution in [2.75, 3.05) is 6.54 Å². The molecule has 1 aromatic heterocycles. The Morgan fingerprint density at radius 3 is 2.45 bits per heavy atom. The number of amides is 1. The molecule has 0 radical (unpaired) electrons. The van der Waals surface area contributed by atoms with E-state index in [1.165, 1.54) is 6.07 Å². The van der Waals surface area contributed by atoms with Gasteiger partial charge in [-0.15, -0.1) is 0 Å². The van der Waals surface area contributed by atoms with Crippen LogP contribution < -0.4 is 10.6 Å². The van der Waals surface area contributed by atoms with Crippen LogP contribution in [0.3, 0.4) is 0 Å². The first-order valence-corrected chi connectivity index (χ1v) is 7.75. The topological polar surface area (TPSA) is 93.5 Å². The lowest BCUT2D eigenvalue weighted by Crippen LogP contribution is -2.51. The smallest absolute Gasteiger partial charge is 0.408 e. The number of thiophene rings is 1. The Hall–Kier alpha value is -1.67. The molecular formula is C14H23N3O4S. The van der Waals surface area contributed by atoms with Crippen LogP contribution in [0.2, 0.25) is 0 Å². The van der Waals surface area contributed by atoms with Gasteiger partial charge in [0.05, 0.1) is 10.5 Å². The van der Waals surface area contributed by atoms with Crippen molar-refractivity contribution >= 4 is 22.4 Å². The molecule has 0 unspecified atom stereocenters. The number of nitro groups is 1. The van der Waals surface area contributed by atoms with Crippen LogP contribution in [0.5, 0.6) is 0 Å². The molecule has 124 valence electrons. The Morgan fingerprint density at radius 2 is 1.95 bits per heavy atom. The molecule has 0 saturated heterocycles. The summed E-state index contributed by atoms with van der Waals surface area (Å²) in [6, 6.07) is 3.22. The van der Waals surface area contributed by atoms with Crippen LogP contribution in [-0.2, 0) is 11.3 Å². The first kappa shape index (κ1) is 18.4. The van der Waals surface area contributed by atoms with E-state index in [4.69, 9.17) is 4.74 Å². The molecule has 2 N–H and O–H groups in total. The number of hydrogen-bond acceptors (Lipinski definition) is 6. The van der Waals surface area contributed by atoms with Gasteiger partial charge in [0, 0.05) is 24.0 Å². The summed E-state index contributed by atoms with van der Waals surface area (Å²) >= 11 is 1.14. The lowest BCUT2D eigenvalue weighted by Gasteiger charge is -2.28. The van der Waals surface area contributed by atoms with Gasteiger partial charge in [-0.1, -0.05) is 11.3 Å². The first-order valence-electron chi connectivity index (χ1n) is 6.93. The second-order valence-electron chi connectivity index (χ2n) is 6.61. The largest absolute Gasteiger partial charge is 0.444 e. The van der Waals surface area contributed by atoms with E-state index in [-0.39, 0.29) is 5.00 Å². The van der Waals surface area contributed by atoms with Gasteiger partial charge in [-0.2, -0.15) is 0 Å². The number of hydrogen-bond donors (Lipinski definition) is 2. The fourth-order valence-corrected chi connectivity index (χ4v) is 2.47. The lowest BCUT2D eigenvalue weighted by atomic mass is 10.1. The van der Waals surface area contributed by atoms with Crippen molar-refractivity contribution in [2.45, 2.75) is 52.3 Å². The highest BCUT2D eigenvalue weighted by Crippen LogP contribution is 2.23. The van der Waals surface area contributed by atoms with Gasteiger partial charge in [0.25, 0.3) is 0 Å². The number of alkyl carbamates (subject to hydrolysis) is 1. The molecule has 0 fully saturated rings. The molecule has 8 heteroatoms. The molecule has 1 amide bonds. The van der Waals surface area contributed by atoms with Crippen LogP contribution in [0, 0.1) is 10.1 Å². The van der Waals surface area contributed by atoms with Gasteiger partial charge < -0.3 is 15.4 Å². The van der Waals surface area contributed by atoms with Gasteiger partial charge in [0.15, 0.2) is 0 Å². The Labute approximate surface area is 134 Å². The number of rotatable bonds is 6. The summed E-state index contributed by atoms with van der Waals surface area (Å²) in [5.41, 5.74) is -1.03. The van der Waals surface area contributed by atoms with Crippen molar-refractivity contribution in [1.82, 2.24) is 10.6 Å². The van der Waals surface area contributed by atoms with Crippen LogP contribution in [0.4, 0.5) is 9.80 Å². The Balaban J connectivity index is 2.41. The van der Waals surface area contributed by atoms with Gasteiger partial charge >= 0.3 is 11.1 Å². The van der Waals surface area contributed by atoms with Gasteiger partial charge in [-0.25, -0.2) is 4.79 Å². The highest BCUT2D eigenvalue weighted by molar-refractivity contribution is 7.15. The first-order chi connectivity index (χ1) is 9.98. The fraction of sp³-hybridized carbons (Fsp3) is 0.643. The second-order valence-corrected chi connectivity index (χ2v) is 7.76. The standard InChI is InChI=1S/C14H23N3O4S/c1-13(2,3)21-12(18)16-14(4,5)9-15-8-10-6-7-11(22-10)17(19)20/h6-7,15H,8-9H2,1-5H3,(H,16,18). The minimum absolute atomic E-state index is 0.128. The second kappa shape index (κ2) is 7.06. The Kier molecular flexibility index (Phi) is 5.90. The number of carbonyl (C=O) groups is 1. The summed E-state index contributed by atoms with van der Waals surface area (Å²) < 4.78 is 5.22. The third kappa shape index (κ3) is 6.86. The van der Waals surface area contributed by atoms with Crippen molar-refractivity contribution in [3.63, 3.8) is 0 Å². The molecule has 7 nitrogen and oxygen atoms in total. The molecular weight excluding hydrogens is 306 g/mol. The number of ether oxygens (including phenoxy) is 1. The van der Waals surface area contributed by atoms with Crippen LogP contribution in [-0.4, -0.2) is 28.7 Å². The van der Waals surface area contributed by atoms with Crippen molar-refractivity contribution in [1.29, 1.82) is 0 Å². The average molecular weight is 329 g/mol. The molecule has 0 spiro atoms. The molecule has 0 aliphatic heterocycles. The molecule has 1 rings (SSSR count). The summed E-state index contributed by atoms with van der Waals surface area (Å²) in [6.45, 7) is 10.2. The zero-order chi connectivity index (χ0) is 17.0. The molecule has 22 heavy (non-hydrogen) atoms. The maximum atomic E-state index is 11.8. The van der Waals surface area contributed by atoms with Gasteiger partial charge in [0.1, 0.15) is 5.60 Å². The third-order valence-corrected chi connectivity index (χ3v) is 3.57. The normalized spacial score (nSPS) is 12.0. The van der Waals surface area contributed by atoms with Crippen molar-refractivity contribution in [3.8, 4) is 0 Å². The highest BCUT2D eigenvalue weighted by atomic mass is 32.1. The fourth-order valence-electron chi connectivity index (χ4n) is 1.68. The minimum atomic E-state index is -0.538. The predicted molar refractivity (Wildman–Crippen MR) is 86.1 cm³/mol. The summed E-state index contributed by atoms with van der Waals surface area (Å²) in [5, 5.41) is 16.7. The summed E-state index contributed by atoms with van der Waals surface area (Å²) in [7, 11) is 0. The van der Waals surface area contributed by atoms with Crippen LogP contribution in [0.1, 0.15) is 39.5 Å². The van der Waals surface area contributed by atoms with Gasteiger partial charge in [-0.3, -0.25) is 10.1 Å². The molecule has 1 aromatic rings. The van der Waals surface area contributed by atoms with E-state index in [0.29, 0.717) is 13.1 Å². The van der Waals surface area contributed by atoms with Crippen molar-refractivity contribution in [2.24, 2.45) is 0 Å². The van der Waals surface area contributed by atoms with E-state index < -0.39 is 22.2 Å². The molecule has 0 atom stereocenters. The Morgan fingerprint density at radius 1 is 1.32 bits per heavy atom. The van der Waals surface area contributed by atoms with Crippen LogP contribution in [0.15, 0.2) is 12.1 Å². The minimum Gasteiger partial charge on any atom is -0.444 e. The summed E-state index contributed by atoms with van der Waals surface area (Å²) in [5.74, 6) is 0. The van der Waals surface area contributed by atoms with E-state index >= 15 is 0 Å². The molecule has 0 aromatic carbocycles. The van der Waals surface area contributed by atoms with Gasteiger partial charge in [-0.05, 0) is 40.7 Å². The van der Waals surface area contributed by atoms with Gasteiger partial charge in [0.2, 0.25) is 0 Å². The quantitative estimate of drug-likeness (QED) is 0.618. The molecule has 0 aliphatic carbocycles. The van der Waals surface area contributed by atoms with E-state index in [2.05, 4.69) is 10.6 Å². The highest BCUT2D eigenvalue weighted by Gasteiger charge is 2.24. The van der Waals surface area contributed by atoms with E-state index in [1.54, 1.807) is 6.07 Å².